The topological polar surface area (TPSA) is 50.4 Å². The SMILES string of the molecule is Cc1ccc(CNC(=O)CC(C)C2CCCNC2)c(OC(C)(C)C)c1. The van der Waals surface area contributed by atoms with Gasteiger partial charge in [-0.05, 0) is 77.1 Å². The first-order chi connectivity index (χ1) is 11.7. The van der Waals surface area contributed by atoms with E-state index in [1.54, 1.807) is 0 Å². The van der Waals surface area contributed by atoms with Crippen molar-refractivity contribution in [2.45, 2.75) is 66.0 Å². The number of carbonyl (C=O) groups excluding carboxylic acids is 1. The van der Waals surface area contributed by atoms with E-state index in [0.29, 0.717) is 24.8 Å². The molecule has 0 radical (unpaired) electrons. The van der Waals surface area contributed by atoms with Crippen molar-refractivity contribution in [3.8, 4) is 5.75 Å². The number of hydrogen-bond acceptors (Lipinski definition) is 3. The van der Waals surface area contributed by atoms with Gasteiger partial charge in [-0.1, -0.05) is 19.1 Å². The van der Waals surface area contributed by atoms with Gasteiger partial charge in [-0.2, -0.15) is 0 Å². The molecule has 1 aromatic rings. The first-order valence-corrected chi connectivity index (χ1v) is 9.50. The van der Waals surface area contributed by atoms with E-state index in [0.717, 1.165) is 30.0 Å². The Hall–Kier alpha value is -1.55. The lowest BCUT2D eigenvalue weighted by Gasteiger charge is -2.28. The molecule has 4 heteroatoms. The van der Waals surface area contributed by atoms with Gasteiger partial charge in [-0.25, -0.2) is 0 Å². The van der Waals surface area contributed by atoms with Crippen molar-refractivity contribution in [1.29, 1.82) is 0 Å². The number of nitrogens with one attached hydrogen (secondary N) is 2. The first kappa shape index (κ1) is 19.8. The maximum atomic E-state index is 12.4. The molecule has 0 saturated carbocycles. The Labute approximate surface area is 152 Å². The molecule has 1 fully saturated rings. The summed E-state index contributed by atoms with van der Waals surface area (Å²) in [4.78, 5) is 12.4. The van der Waals surface area contributed by atoms with Gasteiger partial charge in [-0.15, -0.1) is 0 Å². The molecule has 0 bridgehead atoms. The van der Waals surface area contributed by atoms with Crippen molar-refractivity contribution in [2.75, 3.05) is 13.1 Å². The Morgan fingerprint density at radius 1 is 1.40 bits per heavy atom. The van der Waals surface area contributed by atoms with E-state index in [1.807, 2.05) is 32.9 Å². The number of benzene rings is 1. The second-order valence-electron chi connectivity index (χ2n) is 8.39. The molecule has 1 heterocycles. The lowest BCUT2D eigenvalue weighted by molar-refractivity contribution is -0.122. The molecule has 1 aliphatic heterocycles. The fraction of sp³-hybridized carbons (Fsp3) is 0.667. The summed E-state index contributed by atoms with van der Waals surface area (Å²) in [5.74, 6) is 2.01. The molecule has 1 aromatic carbocycles. The van der Waals surface area contributed by atoms with Crippen molar-refractivity contribution in [3.63, 3.8) is 0 Å². The summed E-state index contributed by atoms with van der Waals surface area (Å²) >= 11 is 0. The molecule has 2 unspecified atom stereocenters. The molecular formula is C21H34N2O2. The van der Waals surface area contributed by atoms with Crippen LogP contribution in [0.5, 0.6) is 5.75 Å². The molecule has 2 rings (SSSR count). The Morgan fingerprint density at radius 3 is 2.80 bits per heavy atom. The Bertz CT molecular complexity index is 572. The molecule has 2 atom stereocenters. The number of aryl methyl sites for hydroxylation is 1. The molecule has 0 aromatic heterocycles. The number of rotatable bonds is 6. The van der Waals surface area contributed by atoms with E-state index >= 15 is 0 Å². The second-order valence-corrected chi connectivity index (χ2v) is 8.39. The van der Waals surface area contributed by atoms with Crippen LogP contribution in [0.25, 0.3) is 0 Å². The van der Waals surface area contributed by atoms with Crippen molar-refractivity contribution in [2.24, 2.45) is 11.8 Å². The predicted octanol–water partition coefficient (Wildman–Crippen LogP) is 3.81. The zero-order chi connectivity index (χ0) is 18.4. The van der Waals surface area contributed by atoms with Crippen molar-refractivity contribution >= 4 is 5.91 Å². The van der Waals surface area contributed by atoms with Gasteiger partial charge in [0, 0.05) is 18.5 Å². The van der Waals surface area contributed by atoms with E-state index in [4.69, 9.17) is 4.74 Å². The van der Waals surface area contributed by atoms with Gasteiger partial charge in [0.25, 0.3) is 0 Å². The summed E-state index contributed by atoms with van der Waals surface area (Å²) in [7, 11) is 0. The van der Waals surface area contributed by atoms with Crippen LogP contribution in [0.15, 0.2) is 18.2 Å². The summed E-state index contributed by atoms with van der Waals surface area (Å²) < 4.78 is 6.06. The van der Waals surface area contributed by atoms with Crippen LogP contribution in [-0.4, -0.2) is 24.6 Å². The monoisotopic (exact) mass is 346 g/mol. The van der Waals surface area contributed by atoms with E-state index in [2.05, 4.69) is 30.5 Å². The maximum Gasteiger partial charge on any atom is 0.220 e. The summed E-state index contributed by atoms with van der Waals surface area (Å²) in [6, 6.07) is 6.15. The number of piperidine rings is 1. The largest absolute Gasteiger partial charge is 0.488 e. The third-order valence-corrected chi connectivity index (χ3v) is 4.76. The fourth-order valence-corrected chi connectivity index (χ4v) is 3.32. The van der Waals surface area contributed by atoms with E-state index in [-0.39, 0.29) is 11.5 Å². The highest BCUT2D eigenvalue weighted by Crippen LogP contribution is 2.25. The summed E-state index contributed by atoms with van der Waals surface area (Å²) in [6.45, 7) is 13.0. The molecule has 4 nitrogen and oxygen atoms in total. The second kappa shape index (κ2) is 8.70. The van der Waals surface area contributed by atoms with Gasteiger partial charge in [0.2, 0.25) is 5.91 Å². The van der Waals surface area contributed by atoms with Gasteiger partial charge in [0.15, 0.2) is 0 Å². The standard InChI is InChI=1S/C21H34N2O2/c1-15-8-9-18(19(11-15)25-21(3,4)5)14-23-20(24)12-16(2)17-7-6-10-22-13-17/h8-9,11,16-17,22H,6-7,10,12-14H2,1-5H3,(H,23,24). The number of amides is 1. The molecule has 0 aliphatic carbocycles. The highest BCUT2D eigenvalue weighted by atomic mass is 16.5. The minimum Gasteiger partial charge on any atom is -0.488 e. The molecule has 25 heavy (non-hydrogen) atoms. The zero-order valence-electron chi connectivity index (χ0n) is 16.4. The molecule has 1 amide bonds. The quantitative estimate of drug-likeness (QED) is 0.823. The van der Waals surface area contributed by atoms with Crippen molar-refractivity contribution in [3.05, 3.63) is 29.3 Å². The maximum absolute atomic E-state index is 12.4. The Morgan fingerprint density at radius 2 is 2.16 bits per heavy atom. The van der Waals surface area contributed by atoms with Crippen LogP contribution in [0.1, 0.15) is 58.1 Å². The van der Waals surface area contributed by atoms with E-state index in [1.165, 1.54) is 12.8 Å². The van der Waals surface area contributed by atoms with Gasteiger partial charge in [-0.3, -0.25) is 4.79 Å². The van der Waals surface area contributed by atoms with Crippen LogP contribution < -0.4 is 15.4 Å². The number of carbonyl (C=O) groups is 1. The van der Waals surface area contributed by atoms with Gasteiger partial charge >= 0.3 is 0 Å². The van der Waals surface area contributed by atoms with Crippen LogP contribution in [0, 0.1) is 18.8 Å². The van der Waals surface area contributed by atoms with Gasteiger partial charge in [0.05, 0.1) is 0 Å². The van der Waals surface area contributed by atoms with Crippen LogP contribution >= 0.6 is 0 Å². The number of ether oxygens (including phenoxy) is 1. The minimum atomic E-state index is -0.255. The summed E-state index contributed by atoms with van der Waals surface area (Å²) in [5.41, 5.74) is 1.93. The van der Waals surface area contributed by atoms with Gasteiger partial charge in [0.1, 0.15) is 11.4 Å². The highest BCUT2D eigenvalue weighted by Gasteiger charge is 2.22. The van der Waals surface area contributed by atoms with Crippen LogP contribution in [0.4, 0.5) is 0 Å². The van der Waals surface area contributed by atoms with Crippen molar-refractivity contribution in [1.82, 2.24) is 10.6 Å². The highest BCUT2D eigenvalue weighted by molar-refractivity contribution is 5.76. The lowest BCUT2D eigenvalue weighted by Crippen LogP contribution is -2.35. The zero-order valence-corrected chi connectivity index (χ0v) is 16.4. The van der Waals surface area contributed by atoms with Crippen molar-refractivity contribution < 1.29 is 9.53 Å². The molecule has 1 saturated heterocycles. The molecule has 0 spiro atoms. The van der Waals surface area contributed by atoms with Crippen LogP contribution in [-0.2, 0) is 11.3 Å². The molecular weight excluding hydrogens is 312 g/mol. The van der Waals surface area contributed by atoms with Gasteiger partial charge < -0.3 is 15.4 Å². The Balaban J connectivity index is 1.90. The average molecular weight is 347 g/mol. The predicted molar refractivity (Wildman–Crippen MR) is 103 cm³/mol. The summed E-state index contributed by atoms with van der Waals surface area (Å²) in [6.07, 6.45) is 3.03. The minimum absolute atomic E-state index is 0.125. The average Bonchev–Trinajstić information content (AvgIpc) is 2.53. The van der Waals surface area contributed by atoms with E-state index in [9.17, 15) is 4.79 Å². The molecule has 1 aliphatic rings. The third kappa shape index (κ3) is 6.69. The van der Waals surface area contributed by atoms with E-state index < -0.39 is 0 Å². The lowest BCUT2D eigenvalue weighted by atomic mass is 9.85. The number of hydrogen-bond donors (Lipinski definition) is 2. The fourth-order valence-electron chi connectivity index (χ4n) is 3.32. The first-order valence-electron chi connectivity index (χ1n) is 9.50. The normalized spacial score (nSPS) is 19.3. The molecule has 140 valence electrons. The summed E-state index contributed by atoms with van der Waals surface area (Å²) in [5, 5.41) is 6.51. The van der Waals surface area contributed by atoms with Crippen LogP contribution in [0.3, 0.4) is 0 Å². The molecule has 2 N–H and O–H groups in total. The Kier molecular flexibility index (Phi) is 6.88. The smallest absolute Gasteiger partial charge is 0.220 e. The van der Waals surface area contributed by atoms with Crippen LogP contribution in [0.2, 0.25) is 0 Å². The third-order valence-electron chi connectivity index (χ3n) is 4.76.